The standard InChI is InChI=1S/C42H79O3PS/c1-6-11-16-18-20-22-24-26-28-32-39(40-33-30-31-35-42(40)47(43,44)45)41(34-29-27-25-23-21-19-17-12-7-2)46(36-13-8-3,37-14-9-4)38-15-10-5/h30-31,33,35,39,41H,6-29,32,34,36-38H2,1-5H3/p+1. The zero-order valence-corrected chi connectivity index (χ0v) is 33.8. The van der Waals surface area contributed by atoms with E-state index in [2.05, 4.69) is 40.7 Å². The van der Waals surface area contributed by atoms with E-state index in [1.165, 1.54) is 173 Å². The summed E-state index contributed by atoms with van der Waals surface area (Å²) < 4.78 is 36.2. The molecule has 0 bridgehead atoms. The van der Waals surface area contributed by atoms with Crippen LogP contribution in [0.4, 0.5) is 0 Å². The van der Waals surface area contributed by atoms with Crippen LogP contribution in [0.3, 0.4) is 0 Å². The average Bonchev–Trinajstić information content (AvgIpc) is 3.07. The van der Waals surface area contributed by atoms with Crippen molar-refractivity contribution in [3.63, 3.8) is 0 Å². The molecule has 0 aliphatic heterocycles. The van der Waals surface area contributed by atoms with E-state index in [4.69, 9.17) is 0 Å². The largest absolute Gasteiger partial charge is 0.294 e. The van der Waals surface area contributed by atoms with Crippen molar-refractivity contribution < 1.29 is 13.0 Å². The summed E-state index contributed by atoms with van der Waals surface area (Å²) in [6.07, 6.45) is 37.6. The van der Waals surface area contributed by atoms with Gasteiger partial charge in [-0.3, -0.25) is 4.55 Å². The first-order valence-corrected chi connectivity index (χ1v) is 24.6. The molecule has 0 heterocycles. The van der Waals surface area contributed by atoms with E-state index >= 15 is 0 Å². The van der Waals surface area contributed by atoms with Crippen molar-refractivity contribution in [1.82, 2.24) is 0 Å². The molecule has 0 aliphatic carbocycles. The molecule has 1 aromatic carbocycles. The molecule has 276 valence electrons. The highest BCUT2D eigenvalue weighted by Crippen LogP contribution is 2.69. The van der Waals surface area contributed by atoms with E-state index in [9.17, 15) is 13.0 Å². The van der Waals surface area contributed by atoms with Gasteiger partial charge in [-0.1, -0.05) is 181 Å². The van der Waals surface area contributed by atoms with Crippen LogP contribution in [0, 0.1) is 0 Å². The molecule has 0 saturated heterocycles. The van der Waals surface area contributed by atoms with Gasteiger partial charge in [0, 0.05) is 13.2 Å². The van der Waals surface area contributed by atoms with Crippen LogP contribution >= 0.6 is 7.26 Å². The van der Waals surface area contributed by atoms with Crippen LogP contribution < -0.4 is 0 Å². The summed E-state index contributed by atoms with van der Waals surface area (Å²) in [5.74, 6) is 0.214. The maximum atomic E-state index is 12.9. The fraction of sp³-hybridized carbons (Fsp3) is 0.857. The Kier molecular flexibility index (Phi) is 26.8. The van der Waals surface area contributed by atoms with E-state index in [1.807, 2.05) is 6.07 Å². The molecule has 1 aromatic rings. The maximum Gasteiger partial charge on any atom is 0.294 e. The molecule has 0 aromatic heterocycles. The first kappa shape index (κ1) is 44.6. The number of benzene rings is 1. The second-order valence-electron chi connectivity index (χ2n) is 14.9. The molecule has 2 atom stereocenters. The second-order valence-corrected chi connectivity index (χ2v) is 20.7. The first-order valence-electron chi connectivity index (χ1n) is 20.7. The molecule has 0 aliphatic rings. The number of unbranched alkanes of at least 4 members (excludes halogenated alkanes) is 19. The molecule has 0 spiro atoms. The van der Waals surface area contributed by atoms with Gasteiger partial charge in [-0.15, -0.1) is 0 Å². The molecular weight excluding hydrogens is 616 g/mol. The van der Waals surface area contributed by atoms with Crippen LogP contribution in [-0.2, 0) is 10.1 Å². The number of hydrogen-bond acceptors (Lipinski definition) is 2. The molecule has 0 radical (unpaired) electrons. The summed E-state index contributed by atoms with van der Waals surface area (Å²) in [4.78, 5) is 0.178. The Morgan fingerprint density at radius 2 is 0.872 bits per heavy atom. The number of rotatable bonds is 33. The Labute approximate surface area is 295 Å². The van der Waals surface area contributed by atoms with Crippen LogP contribution in [0.5, 0.6) is 0 Å². The highest BCUT2D eigenvalue weighted by molar-refractivity contribution is 7.86. The quantitative estimate of drug-likeness (QED) is 0.0452. The summed E-state index contributed by atoms with van der Waals surface area (Å²) in [6.45, 7) is 11.6. The lowest BCUT2D eigenvalue weighted by Gasteiger charge is -2.41. The summed E-state index contributed by atoms with van der Waals surface area (Å²) in [5, 5.41) is 0. The maximum absolute atomic E-state index is 12.9. The summed E-state index contributed by atoms with van der Waals surface area (Å²) in [5.41, 5.74) is 1.47. The third-order valence-electron chi connectivity index (χ3n) is 10.9. The molecule has 1 rings (SSSR count). The van der Waals surface area contributed by atoms with Gasteiger partial charge in [0.05, 0.1) is 29.0 Å². The summed E-state index contributed by atoms with van der Waals surface area (Å²) >= 11 is 0. The van der Waals surface area contributed by atoms with Gasteiger partial charge >= 0.3 is 0 Å². The van der Waals surface area contributed by atoms with Gasteiger partial charge in [-0.2, -0.15) is 8.42 Å². The van der Waals surface area contributed by atoms with Crippen molar-refractivity contribution in [2.24, 2.45) is 0 Å². The minimum Gasteiger partial charge on any atom is -0.282 e. The van der Waals surface area contributed by atoms with E-state index in [0.717, 1.165) is 18.4 Å². The van der Waals surface area contributed by atoms with Crippen molar-refractivity contribution in [2.75, 3.05) is 18.5 Å². The zero-order chi connectivity index (χ0) is 34.6. The Morgan fingerprint density at radius 3 is 1.28 bits per heavy atom. The SMILES string of the molecule is CCCCCCCCCCCC(c1ccccc1S(=O)(=O)O)C(CCCCCCCCCCC)[P+](CCCC)(CCCC)CCCC. The van der Waals surface area contributed by atoms with Gasteiger partial charge in [0.2, 0.25) is 0 Å². The Balaban J connectivity index is 3.40. The van der Waals surface area contributed by atoms with Crippen molar-refractivity contribution in [3.8, 4) is 0 Å². The van der Waals surface area contributed by atoms with E-state index in [-0.39, 0.29) is 10.8 Å². The van der Waals surface area contributed by atoms with Gasteiger partial charge < -0.3 is 0 Å². The van der Waals surface area contributed by atoms with Crippen LogP contribution in [0.15, 0.2) is 29.2 Å². The Morgan fingerprint density at radius 1 is 0.511 bits per heavy atom. The lowest BCUT2D eigenvalue weighted by atomic mass is 9.87. The van der Waals surface area contributed by atoms with E-state index < -0.39 is 17.4 Å². The van der Waals surface area contributed by atoms with E-state index in [0.29, 0.717) is 5.66 Å². The van der Waals surface area contributed by atoms with Crippen molar-refractivity contribution in [2.45, 2.75) is 218 Å². The van der Waals surface area contributed by atoms with Crippen LogP contribution in [0.1, 0.15) is 213 Å². The molecule has 0 fully saturated rings. The monoisotopic (exact) mass is 696 g/mol. The fourth-order valence-electron chi connectivity index (χ4n) is 8.02. The normalized spacial score (nSPS) is 13.7. The van der Waals surface area contributed by atoms with Crippen LogP contribution in [0.25, 0.3) is 0 Å². The van der Waals surface area contributed by atoms with Gasteiger partial charge in [0.1, 0.15) is 0 Å². The first-order chi connectivity index (χ1) is 22.8. The number of hydrogen-bond donors (Lipinski definition) is 1. The molecule has 5 heteroatoms. The highest BCUT2D eigenvalue weighted by Gasteiger charge is 2.48. The minimum atomic E-state index is -4.29. The summed E-state index contributed by atoms with van der Waals surface area (Å²) in [7, 11) is -5.67. The van der Waals surface area contributed by atoms with Crippen LogP contribution in [0.2, 0.25) is 0 Å². The lowest BCUT2D eigenvalue weighted by molar-refractivity contribution is 0.465. The smallest absolute Gasteiger partial charge is 0.282 e. The van der Waals surface area contributed by atoms with Gasteiger partial charge in [-0.05, 0) is 50.2 Å². The van der Waals surface area contributed by atoms with Gasteiger partial charge in [-0.25, -0.2) is 0 Å². The van der Waals surface area contributed by atoms with E-state index in [1.54, 1.807) is 12.1 Å². The Hall–Kier alpha value is -0.440. The zero-order valence-electron chi connectivity index (χ0n) is 32.1. The van der Waals surface area contributed by atoms with Gasteiger partial charge in [0.15, 0.2) is 0 Å². The third-order valence-corrected chi connectivity index (χ3v) is 17.4. The molecule has 0 amide bonds. The molecule has 1 N–H and O–H groups in total. The van der Waals surface area contributed by atoms with Gasteiger partial charge in [0.25, 0.3) is 10.1 Å². The molecule has 2 unspecified atom stereocenters. The molecule has 3 nitrogen and oxygen atoms in total. The minimum absolute atomic E-state index is 0.178. The molecule has 0 saturated carbocycles. The van der Waals surface area contributed by atoms with Crippen molar-refractivity contribution >= 4 is 17.4 Å². The summed E-state index contributed by atoms with van der Waals surface area (Å²) in [6, 6.07) is 7.56. The predicted octanol–water partition coefficient (Wildman–Crippen LogP) is 14.6. The topological polar surface area (TPSA) is 54.4 Å². The Bertz CT molecular complexity index is 941. The van der Waals surface area contributed by atoms with Crippen molar-refractivity contribution in [1.29, 1.82) is 0 Å². The average molecular weight is 696 g/mol. The third kappa shape index (κ3) is 18.9. The second kappa shape index (κ2) is 28.3. The van der Waals surface area contributed by atoms with Crippen LogP contribution in [-0.4, -0.2) is 37.1 Å². The van der Waals surface area contributed by atoms with Crippen molar-refractivity contribution in [3.05, 3.63) is 29.8 Å². The highest BCUT2D eigenvalue weighted by atomic mass is 32.2. The molecule has 47 heavy (non-hydrogen) atoms. The fourth-order valence-corrected chi connectivity index (χ4v) is 15.1. The lowest BCUT2D eigenvalue weighted by Crippen LogP contribution is -2.30. The predicted molar refractivity (Wildman–Crippen MR) is 213 cm³/mol. The molecular formula is C42H80O3PS+.